The first-order valence-electron chi connectivity index (χ1n) is 8.68. The van der Waals surface area contributed by atoms with Crippen LogP contribution >= 0.6 is 0 Å². The molecule has 2 N–H and O–H groups in total. The van der Waals surface area contributed by atoms with Gasteiger partial charge in [0.15, 0.2) is 0 Å². The Hall–Kier alpha value is -2.14. The second-order valence-corrected chi connectivity index (χ2v) is 6.62. The summed E-state index contributed by atoms with van der Waals surface area (Å²) < 4.78 is 0. The van der Waals surface area contributed by atoms with E-state index in [1.165, 1.54) is 0 Å². The molecule has 128 valence electrons. The summed E-state index contributed by atoms with van der Waals surface area (Å²) in [6, 6.07) is 10.1. The Balaban J connectivity index is 1.70. The molecule has 0 bridgehead atoms. The van der Waals surface area contributed by atoms with Crippen LogP contribution in [0.5, 0.6) is 0 Å². The van der Waals surface area contributed by atoms with E-state index in [1.807, 2.05) is 35.2 Å². The van der Waals surface area contributed by atoms with Gasteiger partial charge in [-0.3, -0.25) is 9.59 Å². The number of benzene rings is 1. The maximum Gasteiger partial charge on any atom is 0.252 e. The summed E-state index contributed by atoms with van der Waals surface area (Å²) >= 11 is 0. The number of aromatic amines is 1. The smallest absolute Gasteiger partial charge is 0.252 e. The van der Waals surface area contributed by atoms with Crippen molar-refractivity contribution in [3.63, 3.8) is 0 Å². The largest absolute Gasteiger partial charge is 0.343 e. The van der Waals surface area contributed by atoms with Crippen molar-refractivity contribution in [2.45, 2.75) is 39.3 Å². The van der Waals surface area contributed by atoms with Gasteiger partial charge < -0.3 is 15.2 Å². The molecule has 0 spiro atoms. The monoisotopic (exact) mass is 327 g/mol. The van der Waals surface area contributed by atoms with Gasteiger partial charge in [-0.15, -0.1) is 0 Å². The number of likely N-dealkylation sites (tertiary alicyclic amines) is 1. The standard InChI is InChI=1S/C19H25N3O2/c1-3-14-12-22(13(2)23)9-8-17(14)20-11-16-10-15-6-4-5-7-18(15)21-19(16)24/h4-7,10,14,17,20H,3,8-9,11-12H2,1-2H3,(H,21,24)/t14-,17-/m1/s1. The van der Waals surface area contributed by atoms with Crippen LogP contribution in [-0.4, -0.2) is 34.9 Å². The van der Waals surface area contributed by atoms with Gasteiger partial charge in [0.25, 0.3) is 5.56 Å². The summed E-state index contributed by atoms with van der Waals surface area (Å²) in [6.45, 7) is 5.94. The molecule has 0 radical (unpaired) electrons. The van der Waals surface area contributed by atoms with Crippen LogP contribution in [-0.2, 0) is 11.3 Å². The normalized spacial score (nSPS) is 21.2. The van der Waals surface area contributed by atoms with Crippen LogP contribution < -0.4 is 10.9 Å². The van der Waals surface area contributed by atoms with Gasteiger partial charge in [0.05, 0.1) is 0 Å². The number of H-pyrrole nitrogens is 1. The minimum atomic E-state index is -0.0320. The number of aromatic nitrogens is 1. The summed E-state index contributed by atoms with van der Waals surface area (Å²) in [5.74, 6) is 0.583. The average molecular weight is 327 g/mol. The quantitative estimate of drug-likeness (QED) is 0.905. The number of piperidine rings is 1. The number of fused-ring (bicyclic) bond motifs is 1. The maximum absolute atomic E-state index is 12.2. The Bertz CT molecular complexity index is 784. The zero-order valence-electron chi connectivity index (χ0n) is 14.3. The Morgan fingerprint density at radius 3 is 2.92 bits per heavy atom. The number of hydrogen-bond donors (Lipinski definition) is 2. The number of para-hydroxylation sites is 1. The highest BCUT2D eigenvalue weighted by atomic mass is 16.2. The lowest BCUT2D eigenvalue weighted by Crippen LogP contribution is -2.50. The first-order valence-corrected chi connectivity index (χ1v) is 8.68. The van der Waals surface area contributed by atoms with E-state index < -0.39 is 0 Å². The summed E-state index contributed by atoms with van der Waals surface area (Å²) in [5, 5.41) is 4.59. The average Bonchev–Trinajstić information content (AvgIpc) is 2.59. The van der Waals surface area contributed by atoms with Crippen LogP contribution in [0.4, 0.5) is 0 Å². The number of nitrogens with one attached hydrogen (secondary N) is 2. The van der Waals surface area contributed by atoms with Crippen LogP contribution in [0, 0.1) is 5.92 Å². The molecule has 2 heterocycles. The lowest BCUT2D eigenvalue weighted by atomic mass is 9.89. The van der Waals surface area contributed by atoms with E-state index in [2.05, 4.69) is 17.2 Å². The molecule has 1 saturated heterocycles. The molecule has 3 rings (SSSR count). The van der Waals surface area contributed by atoms with Crippen LogP contribution in [0.15, 0.2) is 35.1 Å². The second kappa shape index (κ2) is 7.18. The summed E-state index contributed by atoms with van der Waals surface area (Å²) in [5.41, 5.74) is 1.60. The molecule has 1 fully saturated rings. The number of hydrogen-bond acceptors (Lipinski definition) is 3. The van der Waals surface area contributed by atoms with E-state index in [0.29, 0.717) is 18.5 Å². The summed E-state index contributed by atoms with van der Waals surface area (Å²) in [6.07, 6.45) is 1.96. The van der Waals surface area contributed by atoms with E-state index in [9.17, 15) is 9.59 Å². The third kappa shape index (κ3) is 3.51. The third-order valence-corrected chi connectivity index (χ3v) is 5.09. The molecule has 5 heteroatoms. The van der Waals surface area contributed by atoms with Gasteiger partial charge in [0, 0.05) is 43.7 Å². The van der Waals surface area contributed by atoms with E-state index >= 15 is 0 Å². The number of carbonyl (C=O) groups excluding carboxylic acids is 1. The molecule has 1 aliphatic rings. The molecular formula is C19H25N3O2. The third-order valence-electron chi connectivity index (χ3n) is 5.09. The molecule has 0 unspecified atom stereocenters. The topological polar surface area (TPSA) is 65.2 Å². The van der Waals surface area contributed by atoms with Gasteiger partial charge >= 0.3 is 0 Å². The molecular weight excluding hydrogens is 302 g/mol. The van der Waals surface area contributed by atoms with Crippen molar-refractivity contribution >= 4 is 16.8 Å². The van der Waals surface area contributed by atoms with Crippen molar-refractivity contribution in [3.8, 4) is 0 Å². The van der Waals surface area contributed by atoms with Crippen molar-refractivity contribution in [1.82, 2.24) is 15.2 Å². The van der Waals surface area contributed by atoms with E-state index in [4.69, 9.17) is 0 Å². The van der Waals surface area contributed by atoms with Crippen LogP contribution in [0.2, 0.25) is 0 Å². The van der Waals surface area contributed by atoms with Crippen LogP contribution in [0.25, 0.3) is 10.9 Å². The SMILES string of the molecule is CC[C@@H]1CN(C(C)=O)CC[C@H]1NCc1cc2ccccc2[nH]c1=O. The molecule has 1 amide bonds. The molecule has 0 saturated carbocycles. The number of pyridine rings is 1. The van der Waals surface area contributed by atoms with Crippen molar-refractivity contribution < 1.29 is 4.79 Å². The minimum Gasteiger partial charge on any atom is -0.343 e. The maximum atomic E-state index is 12.2. The number of rotatable bonds is 4. The van der Waals surface area contributed by atoms with E-state index in [1.54, 1.807) is 6.92 Å². The molecule has 24 heavy (non-hydrogen) atoms. The van der Waals surface area contributed by atoms with Crippen molar-refractivity contribution in [3.05, 3.63) is 46.2 Å². The lowest BCUT2D eigenvalue weighted by Gasteiger charge is -2.38. The van der Waals surface area contributed by atoms with Crippen LogP contribution in [0.1, 0.15) is 32.3 Å². The van der Waals surface area contributed by atoms with Gasteiger partial charge in [-0.05, 0) is 29.9 Å². The van der Waals surface area contributed by atoms with Crippen molar-refractivity contribution in [2.75, 3.05) is 13.1 Å². The van der Waals surface area contributed by atoms with Crippen molar-refractivity contribution in [1.29, 1.82) is 0 Å². The number of amides is 1. The Kier molecular flexibility index (Phi) is 5.00. The van der Waals surface area contributed by atoms with Crippen molar-refractivity contribution in [2.24, 2.45) is 5.92 Å². The highest BCUT2D eigenvalue weighted by molar-refractivity contribution is 5.78. The predicted molar refractivity (Wildman–Crippen MR) is 95.8 cm³/mol. The van der Waals surface area contributed by atoms with E-state index in [0.717, 1.165) is 42.4 Å². The molecule has 1 aromatic carbocycles. The zero-order valence-corrected chi connectivity index (χ0v) is 14.3. The summed E-state index contributed by atoms with van der Waals surface area (Å²) in [4.78, 5) is 28.7. The fourth-order valence-corrected chi connectivity index (χ4v) is 3.57. The van der Waals surface area contributed by atoms with E-state index in [-0.39, 0.29) is 11.5 Å². The van der Waals surface area contributed by atoms with Gasteiger partial charge in [0.1, 0.15) is 0 Å². The Morgan fingerprint density at radius 1 is 1.38 bits per heavy atom. The fourth-order valence-electron chi connectivity index (χ4n) is 3.57. The lowest BCUT2D eigenvalue weighted by molar-refractivity contribution is -0.131. The molecule has 1 aromatic heterocycles. The van der Waals surface area contributed by atoms with Gasteiger partial charge in [-0.25, -0.2) is 0 Å². The first kappa shape index (κ1) is 16.7. The predicted octanol–water partition coefficient (Wildman–Crippen LogP) is 2.26. The van der Waals surface area contributed by atoms with Gasteiger partial charge in [0.2, 0.25) is 5.91 Å². The molecule has 0 aliphatic carbocycles. The highest BCUT2D eigenvalue weighted by Crippen LogP contribution is 2.21. The number of carbonyl (C=O) groups is 1. The Labute approximate surface area is 142 Å². The van der Waals surface area contributed by atoms with Crippen LogP contribution in [0.3, 0.4) is 0 Å². The fraction of sp³-hybridized carbons (Fsp3) is 0.474. The molecule has 2 aromatic rings. The summed E-state index contributed by atoms with van der Waals surface area (Å²) in [7, 11) is 0. The molecule has 2 atom stereocenters. The first-order chi connectivity index (χ1) is 11.6. The number of nitrogens with zero attached hydrogens (tertiary/aromatic N) is 1. The minimum absolute atomic E-state index is 0.0320. The molecule has 5 nitrogen and oxygen atoms in total. The van der Waals surface area contributed by atoms with Gasteiger partial charge in [-0.1, -0.05) is 31.5 Å². The zero-order chi connectivity index (χ0) is 17.1. The highest BCUT2D eigenvalue weighted by Gasteiger charge is 2.28. The van der Waals surface area contributed by atoms with Gasteiger partial charge in [-0.2, -0.15) is 0 Å². The second-order valence-electron chi connectivity index (χ2n) is 6.62. The Morgan fingerprint density at radius 2 is 2.17 bits per heavy atom. The molecule has 1 aliphatic heterocycles.